The van der Waals surface area contributed by atoms with E-state index in [1.165, 1.54) is 18.1 Å². The Morgan fingerprint density at radius 2 is 2.19 bits per heavy atom. The van der Waals surface area contributed by atoms with Crippen LogP contribution in [0.15, 0.2) is 10.6 Å². The molecular formula is C13H20N4O4. The summed E-state index contributed by atoms with van der Waals surface area (Å²) < 4.78 is 9.87. The van der Waals surface area contributed by atoms with Gasteiger partial charge in [-0.25, -0.2) is 0 Å². The van der Waals surface area contributed by atoms with E-state index in [1.807, 2.05) is 0 Å². The average molecular weight is 296 g/mol. The van der Waals surface area contributed by atoms with Crippen molar-refractivity contribution in [2.45, 2.75) is 6.61 Å². The van der Waals surface area contributed by atoms with Crippen LogP contribution in [0.1, 0.15) is 16.2 Å². The fraction of sp³-hybridized carbons (Fsp3) is 0.615. The summed E-state index contributed by atoms with van der Waals surface area (Å²) in [5.41, 5.74) is 0.178. The molecule has 0 aliphatic carbocycles. The number of carbonyl (C=O) groups is 2. The summed E-state index contributed by atoms with van der Waals surface area (Å²) >= 11 is 0. The van der Waals surface area contributed by atoms with Gasteiger partial charge in [0.1, 0.15) is 6.61 Å². The summed E-state index contributed by atoms with van der Waals surface area (Å²) in [5.74, 6) is 0.0697. The van der Waals surface area contributed by atoms with Crippen LogP contribution < -0.4 is 5.32 Å². The first-order valence-electron chi connectivity index (χ1n) is 6.80. The van der Waals surface area contributed by atoms with Crippen LogP contribution in [0.25, 0.3) is 0 Å². The monoisotopic (exact) mass is 296 g/mol. The molecule has 0 unspecified atom stereocenters. The third kappa shape index (κ3) is 4.02. The summed E-state index contributed by atoms with van der Waals surface area (Å²) in [4.78, 5) is 27.3. The second-order valence-electron chi connectivity index (χ2n) is 4.90. The molecule has 0 radical (unpaired) electrons. The lowest BCUT2D eigenvalue weighted by molar-refractivity contribution is -0.132. The van der Waals surface area contributed by atoms with Crippen molar-refractivity contribution in [1.29, 1.82) is 0 Å². The van der Waals surface area contributed by atoms with Gasteiger partial charge >= 0.3 is 0 Å². The molecule has 0 atom stereocenters. The van der Waals surface area contributed by atoms with Crippen molar-refractivity contribution in [3.05, 3.63) is 17.5 Å². The zero-order chi connectivity index (χ0) is 15.2. The highest BCUT2D eigenvalue weighted by atomic mass is 16.5. The third-order valence-corrected chi connectivity index (χ3v) is 3.25. The van der Waals surface area contributed by atoms with Crippen LogP contribution in [0, 0.1) is 0 Å². The molecule has 1 aromatic rings. The van der Waals surface area contributed by atoms with Crippen molar-refractivity contribution in [3.63, 3.8) is 0 Å². The third-order valence-electron chi connectivity index (χ3n) is 3.25. The quantitative estimate of drug-likeness (QED) is 0.775. The molecule has 0 aromatic carbocycles. The lowest BCUT2D eigenvalue weighted by Crippen LogP contribution is -2.49. The smallest absolute Gasteiger partial charge is 0.276 e. The molecule has 116 valence electrons. The molecule has 8 nitrogen and oxygen atoms in total. The molecule has 0 bridgehead atoms. The second kappa shape index (κ2) is 7.19. The molecule has 1 aromatic heterocycles. The van der Waals surface area contributed by atoms with E-state index in [4.69, 9.17) is 9.26 Å². The Hall–Kier alpha value is -1.93. The van der Waals surface area contributed by atoms with Crippen LogP contribution in [-0.4, -0.2) is 73.7 Å². The molecule has 1 aliphatic heterocycles. The van der Waals surface area contributed by atoms with Crippen LogP contribution in [-0.2, 0) is 16.1 Å². The van der Waals surface area contributed by atoms with Crippen molar-refractivity contribution >= 4 is 11.8 Å². The summed E-state index contributed by atoms with van der Waals surface area (Å²) in [7, 11) is 3.11. The van der Waals surface area contributed by atoms with Crippen LogP contribution in [0.5, 0.6) is 0 Å². The second-order valence-corrected chi connectivity index (χ2v) is 4.90. The highest BCUT2D eigenvalue weighted by Crippen LogP contribution is 2.07. The lowest BCUT2D eigenvalue weighted by atomic mass is 10.3. The Balaban J connectivity index is 1.90. The normalized spacial score (nSPS) is 15.0. The predicted molar refractivity (Wildman–Crippen MR) is 73.6 cm³/mol. The standard InChI is InChI=1S/C13H20N4O4/c1-16(8-12(18)17-5-3-14-4-6-17)13(19)11-7-10(9-20-2)21-15-11/h7,14H,3-6,8-9H2,1-2H3. The maximum atomic E-state index is 12.2. The van der Waals surface area contributed by atoms with E-state index in [-0.39, 0.29) is 30.7 Å². The molecule has 1 saturated heterocycles. The highest BCUT2D eigenvalue weighted by molar-refractivity contribution is 5.94. The van der Waals surface area contributed by atoms with E-state index in [0.717, 1.165) is 13.1 Å². The van der Waals surface area contributed by atoms with E-state index >= 15 is 0 Å². The SMILES string of the molecule is COCc1cc(C(=O)N(C)CC(=O)N2CCNCC2)no1. The number of aromatic nitrogens is 1. The molecule has 1 aliphatic rings. The largest absolute Gasteiger partial charge is 0.377 e. The number of piperazine rings is 1. The molecule has 2 amide bonds. The number of likely N-dealkylation sites (N-methyl/N-ethyl adjacent to an activating group) is 1. The Bertz CT molecular complexity index is 496. The number of methoxy groups -OCH3 is 1. The Kier molecular flexibility index (Phi) is 5.29. The lowest BCUT2D eigenvalue weighted by Gasteiger charge is -2.29. The van der Waals surface area contributed by atoms with Gasteiger partial charge in [-0.2, -0.15) is 0 Å². The zero-order valence-electron chi connectivity index (χ0n) is 12.3. The summed E-state index contributed by atoms with van der Waals surface area (Å²) in [5, 5.41) is 6.87. The van der Waals surface area contributed by atoms with Gasteiger partial charge in [-0.15, -0.1) is 0 Å². The summed E-state index contributed by atoms with van der Waals surface area (Å²) in [6.45, 7) is 3.20. The molecule has 1 N–H and O–H groups in total. The van der Waals surface area contributed by atoms with E-state index in [0.29, 0.717) is 18.8 Å². The molecule has 8 heteroatoms. The average Bonchev–Trinajstić information content (AvgIpc) is 2.96. The van der Waals surface area contributed by atoms with Crippen LogP contribution in [0.2, 0.25) is 0 Å². The minimum Gasteiger partial charge on any atom is -0.377 e. The number of rotatable bonds is 5. The highest BCUT2D eigenvalue weighted by Gasteiger charge is 2.22. The molecule has 21 heavy (non-hydrogen) atoms. The number of hydrogen-bond donors (Lipinski definition) is 1. The van der Waals surface area contributed by atoms with E-state index in [2.05, 4.69) is 10.5 Å². The molecule has 0 spiro atoms. The molecule has 2 rings (SSSR count). The van der Waals surface area contributed by atoms with E-state index in [1.54, 1.807) is 11.9 Å². The predicted octanol–water partition coefficient (Wildman–Crippen LogP) is -0.675. The van der Waals surface area contributed by atoms with E-state index < -0.39 is 0 Å². The number of amides is 2. The number of ether oxygens (including phenoxy) is 1. The van der Waals surface area contributed by atoms with Crippen LogP contribution >= 0.6 is 0 Å². The van der Waals surface area contributed by atoms with Gasteiger partial charge in [-0.1, -0.05) is 5.16 Å². The Morgan fingerprint density at radius 3 is 2.86 bits per heavy atom. The molecule has 2 heterocycles. The van der Waals surface area contributed by atoms with Gasteiger partial charge < -0.3 is 24.4 Å². The first-order valence-corrected chi connectivity index (χ1v) is 6.80. The fourth-order valence-electron chi connectivity index (χ4n) is 2.11. The van der Waals surface area contributed by atoms with Crippen LogP contribution in [0.4, 0.5) is 0 Å². The van der Waals surface area contributed by atoms with Crippen molar-refractivity contribution in [2.75, 3.05) is 46.9 Å². The van der Waals surface area contributed by atoms with Gasteiger partial charge in [0, 0.05) is 46.4 Å². The first-order chi connectivity index (χ1) is 10.1. The minimum atomic E-state index is -0.343. The topological polar surface area (TPSA) is 87.9 Å². The van der Waals surface area contributed by atoms with Crippen molar-refractivity contribution in [1.82, 2.24) is 20.3 Å². The van der Waals surface area contributed by atoms with Crippen molar-refractivity contribution < 1.29 is 18.8 Å². The van der Waals surface area contributed by atoms with Gasteiger partial charge in [0.25, 0.3) is 5.91 Å². The molecule has 1 fully saturated rings. The van der Waals surface area contributed by atoms with E-state index in [9.17, 15) is 9.59 Å². The number of nitrogens with one attached hydrogen (secondary N) is 1. The maximum absolute atomic E-state index is 12.2. The van der Waals surface area contributed by atoms with Crippen molar-refractivity contribution in [2.24, 2.45) is 0 Å². The van der Waals surface area contributed by atoms with Crippen LogP contribution in [0.3, 0.4) is 0 Å². The Labute approximate surface area is 123 Å². The fourth-order valence-corrected chi connectivity index (χ4v) is 2.11. The summed E-state index contributed by atoms with van der Waals surface area (Å²) in [6.07, 6.45) is 0. The molecular weight excluding hydrogens is 276 g/mol. The van der Waals surface area contributed by atoms with Crippen molar-refractivity contribution in [3.8, 4) is 0 Å². The maximum Gasteiger partial charge on any atom is 0.276 e. The van der Waals surface area contributed by atoms with Gasteiger partial charge in [-0.05, 0) is 0 Å². The molecule has 0 saturated carbocycles. The number of nitrogens with zero attached hydrogens (tertiary/aromatic N) is 3. The number of hydrogen-bond acceptors (Lipinski definition) is 6. The minimum absolute atomic E-state index is 0.0330. The number of carbonyl (C=O) groups excluding carboxylic acids is 2. The van der Waals surface area contributed by atoms with Gasteiger partial charge in [-0.3, -0.25) is 9.59 Å². The van der Waals surface area contributed by atoms with Gasteiger partial charge in [0.15, 0.2) is 11.5 Å². The summed E-state index contributed by atoms with van der Waals surface area (Å²) in [6, 6.07) is 1.53. The zero-order valence-corrected chi connectivity index (χ0v) is 12.3. The Morgan fingerprint density at radius 1 is 1.48 bits per heavy atom. The van der Waals surface area contributed by atoms with Gasteiger partial charge in [0.2, 0.25) is 5.91 Å². The van der Waals surface area contributed by atoms with Gasteiger partial charge in [0.05, 0.1) is 6.54 Å². The first kappa shape index (κ1) is 15.5.